The number of hydrogen-bond acceptors (Lipinski definition) is 2. The Bertz CT molecular complexity index is 593. The van der Waals surface area contributed by atoms with Gasteiger partial charge in [-0.2, -0.15) is 0 Å². The Morgan fingerprint density at radius 2 is 1.79 bits per heavy atom. The molecule has 0 fully saturated rings. The molecule has 2 rings (SSSR count). The summed E-state index contributed by atoms with van der Waals surface area (Å²) < 4.78 is 14.1. The SMILES string of the molecule is Cc1ccc(C)c(Sc2ccc([C@@H](C)N)cc2F)c1. The fraction of sp³-hybridized carbons (Fsp3) is 0.250. The molecule has 0 saturated carbocycles. The van der Waals surface area contributed by atoms with Crippen LogP contribution < -0.4 is 5.73 Å². The molecule has 0 heterocycles. The van der Waals surface area contributed by atoms with Gasteiger partial charge < -0.3 is 5.73 Å². The summed E-state index contributed by atoms with van der Waals surface area (Å²) in [4.78, 5) is 1.73. The van der Waals surface area contributed by atoms with E-state index < -0.39 is 0 Å². The van der Waals surface area contributed by atoms with E-state index in [0.29, 0.717) is 4.90 Å². The lowest BCUT2D eigenvalue weighted by Crippen LogP contribution is -2.05. The smallest absolute Gasteiger partial charge is 0.137 e. The summed E-state index contributed by atoms with van der Waals surface area (Å²) in [5.41, 5.74) is 8.92. The van der Waals surface area contributed by atoms with Crippen LogP contribution in [0.2, 0.25) is 0 Å². The third-order valence-electron chi connectivity index (χ3n) is 3.05. The van der Waals surface area contributed by atoms with Gasteiger partial charge >= 0.3 is 0 Å². The largest absolute Gasteiger partial charge is 0.324 e. The number of benzene rings is 2. The van der Waals surface area contributed by atoms with E-state index in [2.05, 4.69) is 18.2 Å². The molecule has 3 heteroatoms. The maximum Gasteiger partial charge on any atom is 0.137 e. The van der Waals surface area contributed by atoms with Crippen molar-refractivity contribution < 1.29 is 4.39 Å². The van der Waals surface area contributed by atoms with Gasteiger partial charge in [-0.1, -0.05) is 30.0 Å². The average molecular weight is 275 g/mol. The zero-order chi connectivity index (χ0) is 14.0. The van der Waals surface area contributed by atoms with Crippen LogP contribution in [0, 0.1) is 19.7 Å². The maximum absolute atomic E-state index is 14.1. The minimum atomic E-state index is -0.208. The number of aryl methyl sites for hydroxylation is 2. The van der Waals surface area contributed by atoms with Crippen molar-refractivity contribution in [3.05, 3.63) is 58.9 Å². The molecular formula is C16H18FNS. The Balaban J connectivity index is 2.31. The third kappa shape index (κ3) is 3.37. The van der Waals surface area contributed by atoms with Gasteiger partial charge in [0.1, 0.15) is 5.82 Å². The second kappa shape index (κ2) is 5.76. The molecule has 0 aliphatic carbocycles. The number of hydrogen-bond donors (Lipinski definition) is 1. The lowest BCUT2D eigenvalue weighted by atomic mass is 10.1. The Kier molecular flexibility index (Phi) is 4.27. The highest BCUT2D eigenvalue weighted by atomic mass is 32.2. The minimum Gasteiger partial charge on any atom is -0.324 e. The molecule has 2 aromatic rings. The second-order valence-corrected chi connectivity index (χ2v) is 5.93. The molecule has 1 nitrogen and oxygen atoms in total. The lowest BCUT2D eigenvalue weighted by Gasteiger charge is -2.10. The van der Waals surface area contributed by atoms with E-state index in [4.69, 9.17) is 5.73 Å². The molecule has 1 atom stereocenters. The van der Waals surface area contributed by atoms with Crippen LogP contribution >= 0.6 is 11.8 Å². The summed E-state index contributed by atoms with van der Waals surface area (Å²) >= 11 is 1.46. The second-order valence-electron chi connectivity index (χ2n) is 4.85. The summed E-state index contributed by atoms with van der Waals surface area (Å²) in [6.07, 6.45) is 0. The van der Waals surface area contributed by atoms with Crippen molar-refractivity contribution >= 4 is 11.8 Å². The van der Waals surface area contributed by atoms with Crippen molar-refractivity contribution in [1.29, 1.82) is 0 Å². The molecule has 100 valence electrons. The number of rotatable bonds is 3. The van der Waals surface area contributed by atoms with Crippen LogP contribution in [0.4, 0.5) is 4.39 Å². The summed E-state index contributed by atoms with van der Waals surface area (Å²) in [5.74, 6) is -0.208. The third-order valence-corrected chi connectivity index (χ3v) is 4.26. The summed E-state index contributed by atoms with van der Waals surface area (Å²) in [6, 6.07) is 11.3. The first kappa shape index (κ1) is 14.1. The molecular weight excluding hydrogens is 257 g/mol. The van der Waals surface area contributed by atoms with Gasteiger partial charge in [-0.25, -0.2) is 4.39 Å². The van der Waals surface area contributed by atoms with Crippen molar-refractivity contribution in [2.45, 2.75) is 36.6 Å². The van der Waals surface area contributed by atoms with Gasteiger partial charge in [0.25, 0.3) is 0 Å². The van der Waals surface area contributed by atoms with Crippen molar-refractivity contribution in [2.24, 2.45) is 5.73 Å². The zero-order valence-corrected chi connectivity index (χ0v) is 12.2. The standard InChI is InChI=1S/C16H18FNS/c1-10-4-5-11(2)16(8-10)19-15-7-6-13(12(3)18)9-14(15)17/h4-9,12H,18H2,1-3H3/t12-/m1/s1. The maximum atomic E-state index is 14.1. The van der Waals surface area contributed by atoms with Crippen LogP contribution in [0.5, 0.6) is 0 Å². The van der Waals surface area contributed by atoms with E-state index in [1.165, 1.54) is 23.4 Å². The topological polar surface area (TPSA) is 26.0 Å². The summed E-state index contributed by atoms with van der Waals surface area (Å²) in [6.45, 7) is 5.93. The summed E-state index contributed by atoms with van der Waals surface area (Å²) in [7, 11) is 0. The highest BCUT2D eigenvalue weighted by Gasteiger charge is 2.09. The lowest BCUT2D eigenvalue weighted by molar-refractivity contribution is 0.596. The van der Waals surface area contributed by atoms with Crippen LogP contribution in [-0.4, -0.2) is 0 Å². The van der Waals surface area contributed by atoms with Crippen LogP contribution in [0.15, 0.2) is 46.2 Å². The van der Waals surface area contributed by atoms with E-state index in [0.717, 1.165) is 16.0 Å². The zero-order valence-electron chi connectivity index (χ0n) is 11.4. The van der Waals surface area contributed by atoms with Gasteiger partial charge in [0.2, 0.25) is 0 Å². The van der Waals surface area contributed by atoms with Crippen molar-refractivity contribution in [3.63, 3.8) is 0 Å². The molecule has 0 radical (unpaired) electrons. The predicted molar refractivity (Wildman–Crippen MR) is 79.0 cm³/mol. The molecule has 0 bridgehead atoms. The molecule has 0 unspecified atom stereocenters. The Morgan fingerprint density at radius 1 is 1.05 bits per heavy atom. The molecule has 2 aromatic carbocycles. The Hall–Kier alpha value is -1.32. The van der Waals surface area contributed by atoms with Crippen molar-refractivity contribution in [1.82, 2.24) is 0 Å². The van der Waals surface area contributed by atoms with Crippen LogP contribution in [0.25, 0.3) is 0 Å². The van der Waals surface area contributed by atoms with Crippen LogP contribution in [0.3, 0.4) is 0 Å². The van der Waals surface area contributed by atoms with E-state index in [9.17, 15) is 4.39 Å². The predicted octanol–water partition coefficient (Wildman–Crippen LogP) is 4.61. The van der Waals surface area contributed by atoms with Gasteiger partial charge in [-0.3, -0.25) is 0 Å². The van der Waals surface area contributed by atoms with E-state index >= 15 is 0 Å². The number of nitrogens with two attached hydrogens (primary N) is 1. The fourth-order valence-corrected chi connectivity index (χ4v) is 2.82. The van der Waals surface area contributed by atoms with E-state index in [1.54, 1.807) is 6.07 Å². The monoisotopic (exact) mass is 275 g/mol. The Labute approximate surface area is 118 Å². The Morgan fingerprint density at radius 3 is 2.42 bits per heavy atom. The molecule has 0 aliphatic heterocycles. The highest BCUT2D eigenvalue weighted by Crippen LogP contribution is 2.33. The first-order chi connectivity index (χ1) is 8.97. The van der Waals surface area contributed by atoms with Crippen LogP contribution in [-0.2, 0) is 0 Å². The molecule has 0 amide bonds. The highest BCUT2D eigenvalue weighted by molar-refractivity contribution is 7.99. The minimum absolute atomic E-state index is 0.144. The van der Waals surface area contributed by atoms with Crippen LogP contribution in [0.1, 0.15) is 29.7 Å². The molecule has 0 aromatic heterocycles. The first-order valence-electron chi connectivity index (χ1n) is 6.27. The number of halogens is 1. The first-order valence-corrected chi connectivity index (χ1v) is 7.09. The normalized spacial score (nSPS) is 12.5. The van der Waals surface area contributed by atoms with E-state index in [-0.39, 0.29) is 11.9 Å². The van der Waals surface area contributed by atoms with Gasteiger partial charge in [0.15, 0.2) is 0 Å². The molecule has 2 N–H and O–H groups in total. The van der Waals surface area contributed by atoms with Gasteiger partial charge in [0.05, 0.1) is 0 Å². The summed E-state index contributed by atoms with van der Waals surface area (Å²) in [5, 5.41) is 0. The molecule has 0 aliphatic rings. The van der Waals surface area contributed by atoms with E-state index in [1.807, 2.05) is 26.8 Å². The molecule has 0 saturated heterocycles. The van der Waals surface area contributed by atoms with Gasteiger partial charge in [0, 0.05) is 15.8 Å². The molecule has 0 spiro atoms. The molecule has 19 heavy (non-hydrogen) atoms. The fourth-order valence-electron chi connectivity index (χ4n) is 1.82. The van der Waals surface area contributed by atoms with Crippen molar-refractivity contribution in [2.75, 3.05) is 0 Å². The van der Waals surface area contributed by atoms with Crippen molar-refractivity contribution in [3.8, 4) is 0 Å². The van der Waals surface area contributed by atoms with Gasteiger partial charge in [-0.05, 0) is 55.7 Å². The van der Waals surface area contributed by atoms with Gasteiger partial charge in [-0.15, -0.1) is 0 Å². The average Bonchev–Trinajstić information content (AvgIpc) is 2.36. The quantitative estimate of drug-likeness (QED) is 0.885.